The van der Waals surface area contributed by atoms with E-state index in [1.54, 1.807) is 0 Å². The summed E-state index contributed by atoms with van der Waals surface area (Å²) in [6.07, 6.45) is 0. The van der Waals surface area contributed by atoms with Gasteiger partial charge in [0.2, 0.25) is 0 Å². The zero-order valence-corrected chi connectivity index (χ0v) is 13.5. The van der Waals surface area contributed by atoms with Gasteiger partial charge in [-0.2, -0.15) is 0 Å². The van der Waals surface area contributed by atoms with E-state index in [4.69, 9.17) is 11.6 Å². The van der Waals surface area contributed by atoms with Crippen LogP contribution < -0.4 is 0 Å². The molecule has 0 amide bonds. The molecule has 0 atom stereocenters. The molecule has 0 heterocycles. The highest BCUT2D eigenvalue weighted by molar-refractivity contribution is 6.31. The first-order valence-corrected chi connectivity index (χ1v) is 7.96. The van der Waals surface area contributed by atoms with Crippen LogP contribution in [0.3, 0.4) is 0 Å². The number of hydrogen-bond donors (Lipinski definition) is 0. The summed E-state index contributed by atoms with van der Waals surface area (Å²) in [4.78, 5) is 0. The highest BCUT2D eigenvalue weighted by atomic mass is 35.5. The van der Waals surface area contributed by atoms with Crippen LogP contribution in [0.4, 0.5) is 0 Å². The van der Waals surface area contributed by atoms with E-state index in [1.807, 2.05) is 6.07 Å². The van der Waals surface area contributed by atoms with Crippen molar-refractivity contribution in [2.45, 2.75) is 19.3 Å². The molecule has 0 N–H and O–H groups in total. The van der Waals surface area contributed by atoms with Gasteiger partial charge in [-0.1, -0.05) is 80.0 Å². The van der Waals surface area contributed by atoms with Gasteiger partial charge in [-0.15, -0.1) is 0 Å². The molecule has 0 saturated heterocycles. The number of halogens is 1. The van der Waals surface area contributed by atoms with Crippen molar-refractivity contribution in [2.24, 2.45) is 0 Å². The molecule has 0 saturated carbocycles. The van der Waals surface area contributed by atoms with Crippen LogP contribution in [-0.4, -0.2) is 0 Å². The van der Waals surface area contributed by atoms with Gasteiger partial charge in [0.05, 0.1) is 0 Å². The number of benzene rings is 3. The largest absolute Gasteiger partial charge is 0.0843 e. The Morgan fingerprint density at radius 3 is 2.27 bits per heavy atom. The molecule has 0 nitrogen and oxygen atoms in total. The monoisotopic (exact) mass is 304 g/mol. The third-order valence-corrected chi connectivity index (χ3v) is 4.98. The van der Waals surface area contributed by atoms with Crippen molar-refractivity contribution < 1.29 is 0 Å². The third-order valence-electron chi connectivity index (χ3n) is 4.75. The Morgan fingerprint density at radius 1 is 0.727 bits per heavy atom. The van der Waals surface area contributed by atoms with Crippen molar-refractivity contribution in [1.29, 1.82) is 0 Å². The maximum atomic E-state index is 6.28. The molecular formula is C21H17Cl. The van der Waals surface area contributed by atoms with Crippen LogP contribution in [-0.2, 0) is 5.41 Å². The number of hydrogen-bond acceptors (Lipinski definition) is 0. The van der Waals surface area contributed by atoms with Gasteiger partial charge in [0.1, 0.15) is 0 Å². The van der Waals surface area contributed by atoms with Gasteiger partial charge < -0.3 is 0 Å². The van der Waals surface area contributed by atoms with E-state index in [0.29, 0.717) is 0 Å². The molecule has 0 bridgehead atoms. The molecule has 0 aliphatic heterocycles. The average Bonchev–Trinajstić information content (AvgIpc) is 2.76. The SMILES string of the molecule is CC1(C)c2ccc(Cl)cc2-c2c(-c3ccccc3)cccc21. The number of fused-ring (bicyclic) bond motifs is 3. The van der Waals surface area contributed by atoms with Gasteiger partial charge >= 0.3 is 0 Å². The normalized spacial score (nSPS) is 14.5. The van der Waals surface area contributed by atoms with Crippen LogP contribution in [0.25, 0.3) is 22.3 Å². The minimum atomic E-state index is 0.0139. The molecule has 1 heteroatoms. The van der Waals surface area contributed by atoms with Crippen LogP contribution >= 0.6 is 11.6 Å². The molecule has 1 aliphatic rings. The summed E-state index contributed by atoms with van der Waals surface area (Å²) in [6.45, 7) is 4.58. The Morgan fingerprint density at radius 2 is 1.50 bits per heavy atom. The van der Waals surface area contributed by atoms with Gasteiger partial charge in [0, 0.05) is 10.4 Å². The zero-order chi connectivity index (χ0) is 15.3. The lowest BCUT2D eigenvalue weighted by Crippen LogP contribution is -2.14. The zero-order valence-electron chi connectivity index (χ0n) is 12.7. The Kier molecular flexibility index (Phi) is 2.92. The smallest absolute Gasteiger partial charge is 0.0412 e. The molecule has 0 radical (unpaired) electrons. The molecular weight excluding hydrogens is 288 g/mol. The molecule has 108 valence electrons. The van der Waals surface area contributed by atoms with Crippen molar-refractivity contribution in [1.82, 2.24) is 0 Å². The van der Waals surface area contributed by atoms with Crippen LogP contribution in [0.2, 0.25) is 5.02 Å². The predicted octanol–water partition coefficient (Wildman–Crippen LogP) is 6.31. The first kappa shape index (κ1) is 13.6. The summed E-state index contributed by atoms with van der Waals surface area (Å²) >= 11 is 6.28. The minimum absolute atomic E-state index is 0.0139. The van der Waals surface area contributed by atoms with E-state index < -0.39 is 0 Å². The lowest BCUT2D eigenvalue weighted by Gasteiger charge is -2.21. The average molecular weight is 305 g/mol. The molecule has 22 heavy (non-hydrogen) atoms. The summed E-state index contributed by atoms with van der Waals surface area (Å²) in [5.74, 6) is 0. The molecule has 1 aliphatic carbocycles. The van der Waals surface area contributed by atoms with E-state index >= 15 is 0 Å². The Bertz CT molecular complexity index is 860. The van der Waals surface area contributed by atoms with E-state index in [1.165, 1.54) is 33.4 Å². The molecule has 3 aromatic rings. The maximum absolute atomic E-state index is 6.28. The first-order valence-electron chi connectivity index (χ1n) is 7.58. The van der Waals surface area contributed by atoms with Gasteiger partial charge in [-0.25, -0.2) is 0 Å². The van der Waals surface area contributed by atoms with Crippen molar-refractivity contribution in [3.8, 4) is 22.3 Å². The van der Waals surface area contributed by atoms with Gasteiger partial charge in [0.15, 0.2) is 0 Å². The summed E-state index contributed by atoms with van der Waals surface area (Å²) < 4.78 is 0. The summed E-state index contributed by atoms with van der Waals surface area (Å²) in [6, 6.07) is 23.5. The molecule has 4 rings (SSSR count). The second kappa shape index (κ2) is 4.72. The molecule has 0 aromatic heterocycles. The van der Waals surface area contributed by atoms with E-state index in [2.05, 4.69) is 74.5 Å². The summed E-state index contributed by atoms with van der Waals surface area (Å²) in [5, 5.41) is 0.797. The van der Waals surface area contributed by atoms with Crippen molar-refractivity contribution >= 4 is 11.6 Å². The topological polar surface area (TPSA) is 0 Å². The van der Waals surface area contributed by atoms with E-state index in [9.17, 15) is 0 Å². The fourth-order valence-corrected chi connectivity index (χ4v) is 3.81. The van der Waals surface area contributed by atoms with Crippen molar-refractivity contribution in [2.75, 3.05) is 0 Å². The van der Waals surface area contributed by atoms with Crippen LogP contribution in [0, 0.1) is 0 Å². The second-order valence-electron chi connectivity index (χ2n) is 6.41. The summed E-state index contributed by atoms with van der Waals surface area (Å²) in [5.41, 5.74) is 7.89. The maximum Gasteiger partial charge on any atom is 0.0412 e. The molecule has 0 fully saturated rings. The second-order valence-corrected chi connectivity index (χ2v) is 6.85. The van der Waals surface area contributed by atoms with E-state index in [-0.39, 0.29) is 5.41 Å². The molecule has 0 spiro atoms. The highest BCUT2D eigenvalue weighted by Crippen LogP contribution is 2.52. The quantitative estimate of drug-likeness (QED) is 0.494. The lowest BCUT2D eigenvalue weighted by atomic mass is 9.82. The Labute approximate surface area is 136 Å². The van der Waals surface area contributed by atoms with Crippen molar-refractivity contribution in [3.05, 3.63) is 82.9 Å². The van der Waals surface area contributed by atoms with Crippen LogP contribution in [0.5, 0.6) is 0 Å². The van der Waals surface area contributed by atoms with E-state index in [0.717, 1.165) is 5.02 Å². The molecule has 0 unspecified atom stereocenters. The fraction of sp³-hybridized carbons (Fsp3) is 0.143. The standard InChI is InChI=1S/C21H17Cl/c1-21(2)18-12-11-15(22)13-17(18)20-16(9-6-10-19(20)21)14-7-4-3-5-8-14/h3-13H,1-2H3. The first-order chi connectivity index (χ1) is 10.6. The van der Waals surface area contributed by atoms with Crippen molar-refractivity contribution in [3.63, 3.8) is 0 Å². The highest BCUT2D eigenvalue weighted by Gasteiger charge is 2.36. The third kappa shape index (κ3) is 1.84. The Hall–Kier alpha value is -2.05. The minimum Gasteiger partial charge on any atom is -0.0843 e. The fourth-order valence-electron chi connectivity index (χ4n) is 3.63. The van der Waals surface area contributed by atoms with Crippen LogP contribution in [0.15, 0.2) is 66.7 Å². The lowest BCUT2D eigenvalue weighted by molar-refractivity contribution is 0.660. The predicted molar refractivity (Wildman–Crippen MR) is 94.5 cm³/mol. The Balaban J connectivity index is 2.09. The van der Waals surface area contributed by atoms with Gasteiger partial charge in [0.25, 0.3) is 0 Å². The van der Waals surface area contributed by atoms with Gasteiger partial charge in [-0.3, -0.25) is 0 Å². The molecule has 3 aromatic carbocycles. The van der Waals surface area contributed by atoms with Gasteiger partial charge in [-0.05, 0) is 45.5 Å². The summed E-state index contributed by atoms with van der Waals surface area (Å²) in [7, 11) is 0. The van der Waals surface area contributed by atoms with Crippen LogP contribution in [0.1, 0.15) is 25.0 Å². The number of rotatable bonds is 1.